The molecule has 0 radical (unpaired) electrons. The summed E-state index contributed by atoms with van der Waals surface area (Å²) in [6.07, 6.45) is 0. The Bertz CT molecular complexity index is 1260. The van der Waals surface area contributed by atoms with Gasteiger partial charge in [0.2, 0.25) is 5.91 Å². The minimum absolute atomic E-state index is 0.110. The molecule has 0 aliphatic carbocycles. The zero-order valence-corrected chi connectivity index (χ0v) is 17.1. The molecule has 4 rings (SSSR count). The van der Waals surface area contributed by atoms with E-state index in [0.717, 1.165) is 26.6 Å². The molecule has 0 bridgehead atoms. The molecule has 0 saturated heterocycles. The van der Waals surface area contributed by atoms with E-state index in [9.17, 15) is 9.59 Å². The molecule has 1 N–H and O–H groups in total. The predicted molar refractivity (Wildman–Crippen MR) is 112 cm³/mol. The molecule has 2 aromatic carbocycles. The quantitative estimate of drug-likeness (QED) is 0.529. The van der Waals surface area contributed by atoms with Gasteiger partial charge in [-0.1, -0.05) is 40.2 Å². The maximum atomic E-state index is 12.9. The Hall–Kier alpha value is -2.93. The number of para-hydroxylation sites is 1. The van der Waals surface area contributed by atoms with E-state index in [0.29, 0.717) is 12.2 Å². The minimum Gasteiger partial charge on any atom is -0.350 e. The van der Waals surface area contributed by atoms with Gasteiger partial charge < -0.3 is 5.32 Å². The number of hydrogen-bond donors (Lipinski definition) is 1. The first-order chi connectivity index (χ1) is 13.5. The first kappa shape index (κ1) is 18.4. The van der Waals surface area contributed by atoms with Gasteiger partial charge in [-0.15, -0.1) is 0 Å². The summed E-state index contributed by atoms with van der Waals surface area (Å²) in [6, 6.07) is 16.5. The minimum atomic E-state index is -0.488. The Morgan fingerprint density at radius 2 is 1.96 bits per heavy atom. The van der Waals surface area contributed by atoms with E-state index < -0.39 is 6.04 Å². The van der Waals surface area contributed by atoms with Crippen molar-refractivity contribution in [2.45, 2.75) is 26.4 Å². The fourth-order valence-electron chi connectivity index (χ4n) is 3.48. The third-order valence-corrected chi connectivity index (χ3v) is 5.29. The molecule has 2 aromatic heterocycles. The number of amides is 1. The van der Waals surface area contributed by atoms with E-state index in [1.807, 2.05) is 71.6 Å². The molecule has 0 aliphatic rings. The normalized spacial score (nSPS) is 12.4. The average molecular weight is 439 g/mol. The lowest BCUT2D eigenvalue weighted by Crippen LogP contribution is -2.32. The maximum absolute atomic E-state index is 12.9. The first-order valence-corrected chi connectivity index (χ1v) is 9.77. The van der Waals surface area contributed by atoms with Crippen LogP contribution in [-0.2, 0) is 11.3 Å². The summed E-state index contributed by atoms with van der Waals surface area (Å²) < 4.78 is 4.71. The lowest BCUT2D eigenvalue weighted by molar-refractivity contribution is -0.124. The van der Waals surface area contributed by atoms with E-state index >= 15 is 0 Å². The van der Waals surface area contributed by atoms with Crippen LogP contribution in [0.15, 0.2) is 63.9 Å². The monoisotopic (exact) mass is 438 g/mol. The Morgan fingerprint density at radius 1 is 1.18 bits per heavy atom. The van der Waals surface area contributed by atoms with Gasteiger partial charge in [0.25, 0.3) is 5.56 Å². The fraction of sp³-hybridized carbons (Fsp3) is 0.190. The third kappa shape index (κ3) is 3.22. The van der Waals surface area contributed by atoms with Crippen LogP contribution in [0.4, 0.5) is 0 Å². The van der Waals surface area contributed by atoms with E-state index in [4.69, 9.17) is 0 Å². The van der Waals surface area contributed by atoms with Gasteiger partial charge >= 0.3 is 0 Å². The largest absolute Gasteiger partial charge is 0.350 e. The number of rotatable bonds is 4. The van der Waals surface area contributed by atoms with Crippen LogP contribution in [-0.4, -0.2) is 20.1 Å². The number of fused-ring (bicyclic) bond motifs is 3. The molecule has 1 amide bonds. The summed E-state index contributed by atoms with van der Waals surface area (Å²) in [6.45, 7) is 4.13. The van der Waals surface area contributed by atoms with Crippen LogP contribution in [0.3, 0.4) is 0 Å². The average Bonchev–Trinajstić information content (AvgIpc) is 3.00. The van der Waals surface area contributed by atoms with Crippen LogP contribution in [0, 0.1) is 6.92 Å². The zero-order valence-electron chi connectivity index (χ0n) is 15.5. The van der Waals surface area contributed by atoms with Crippen LogP contribution in [0.5, 0.6) is 0 Å². The molecule has 2 heterocycles. The second-order valence-corrected chi connectivity index (χ2v) is 7.67. The number of carbonyl (C=O) groups excluding carboxylic acids is 1. The Balaban J connectivity index is 1.74. The van der Waals surface area contributed by atoms with Crippen LogP contribution in [0.2, 0.25) is 0 Å². The molecular formula is C21H19BrN4O2. The van der Waals surface area contributed by atoms with Crippen molar-refractivity contribution in [3.63, 3.8) is 0 Å². The molecule has 0 saturated carbocycles. The van der Waals surface area contributed by atoms with E-state index in [2.05, 4.69) is 26.2 Å². The number of hydrogen-bond acceptors (Lipinski definition) is 3. The number of benzene rings is 2. The number of aromatic nitrogens is 3. The number of nitrogens with one attached hydrogen (secondary N) is 1. The number of carbonyl (C=O) groups is 1. The summed E-state index contributed by atoms with van der Waals surface area (Å²) >= 11 is 3.45. The summed E-state index contributed by atoms with van der Waals surface area (Å²) in [7, 11) is 0. The second kappa shape index (κ2) is 7.24. The highest BCUT2D eigenvalue weighted by atomic mass is 79.9. The zero-order chi connectivity index (χ0) is 19.8. The molecule has 1 atom stereocenters. The summed E-state index contributed by atoms with van der Waals surface area (Å²) in [5.74, 6) is -0.110. The molecule has 4 aromatic rings. The van der Waals surface area contributed by atoms with Gasteiger partial charge in [0.05, 0.1) is 5.52 Å². The van der Waals surface area contributed by atoms with Crippen LogP contribution < -0.4 is 10.9 Å². The Kier molecular flexibility index (Phi) is 4.77. The smallest absolute Gasteiger partial charge is 0.273 e. The predicted octanol–water partition coefficient (Wildman–Crippen LogP) is 3.60. The molecule has 0 spiro atoms. The summed E-state index contributed by atoms with van der Waals surface area (Å²) in [5.41, 5.74) is 2.88. The molecule has 7 heteroatoms. The van der Waals surface area contributed by atoms with Crippen molar-refractivity contribution in [3.8, 4) is 0 Å². The van der Waals surface area contributed by atoms with Crippen molar-refractivity contribution >= 4 is 38.4 Å². The lowest BCUT2D eigenvalue weighted by atomic mass is 10.2. The maximum Gasteiger partial charge on any atom is 0.273 e. The molecule has 6 nitrogen and oxygen atoms in total. The van der Waals surface area contributed by atoms with Crippen molar-refractivity contribution in [2.75, 3.05) is 0 Å². The van der Waals surface area contributed by atoms with Gasteiger partial charge in [-0.25, -0.2) is 4.52 Å². The van der Waals surface area contributed by atoms with Gasteiger partial charge in [-0.2, -0.15) is 4.98 Å². The number of nitrogens with zero attached hydrogens (tertiary/aromatic N) is 3. The van der Waals surface area contributed by atoms with E-state index in [1.165, 1.54) is 6.07 Å². The number of halogens is 1. The molecular weight excluding hydrogens is 420 g/mol. The summed E-state index contributed by atoms with van der Waals surface area (Å²) in [4.78, 5) is 29.0. The lowest BCUT2D eigenvalue weighted by Gasteiger charge is -2.18. The SMILES string of the molecule is Cc1cc(=O)nc2c3ccccc3n(C(C)C(=O)NCc3cccc(Br)c3)n12. The molecule has 0 fully saturated rings. The second-order valence-electron chi connectivity index (χ2n) is 6.76. The van der Waals surface area contributed by atoms with Crippen LogP contribution in [0.1, 0.15) is 24.2 Å². The molecule has 0 aliphatic heterocycles. The Morgan fingerprint density at radius 3 is 2.75 bits per heavy atom. The van der Waals surface area contributed by atoms with Crippen LogP contribution in [0.25, 0.3) is 16.6 Å². The standard InChI is InChI=1S/C21H19BrN4O2/c1-13-10-19(27)24-20-17-8-3-4-9-18(17)26(25(13)20)14(2)21(28)23-12-15-6-5-7-16(22)11-15/h3-11,14H,12H2,1-2H3,(H,23,28). The van der Waals surface area contributed by atoms with E-state index in [-0.39, 0.29) is 11.5 Å². The van der Waals surface area contributed by atoms with Crippen molar-refractivity contribution in [2.24, 2.45) is 0 Å². The molecule has 28 heavy (non-hydrogen) atoms. The highest BCUT2D eigenvalue weighted by Crippen LogP contribution is 2.25. The van der Waals surface area contributed by atoms with Crippen molar-refractivity contribution in [1.82, 2.24) is 19.5 Å². The van der Waals surface area contributed by atoms with Crippen molar-refractivity contribution in [3.05, 3.63) is 80.7 Å². The summed E-state index contributed by atoms with van der Waals surface area (Å²) in [5, 5.41) is 3.84. The van der Waals surface area contributed by atoms with Gasteiger partial charge in [0.15, 0.2) is 5.65 Å². The van der Waals surface area contributed by atoms with Crippen molar-refractivity contribution in [1.29, 1.82) is 0 Å². The highest BCUT2D eigenvalue weighted by molar-refractivity contribution is 9.10. The molecule has 1 unspecified atom stereocenters. The van der Waals surface area contributed by atoms with Crippen molar-refractivity contribution < 1.29 is 4.79 Å². The topological polar surface area (TPSA) is 68.4 Å². The number of aryl methyl sites for hydroxylation is 1. The Labute approximate surface area is 169 Å². The first-order valence-electron chi connectivity index (χ1n) is 8.97. The van der Waals surface area contributed by atoms with Gasteiger partial charge in [0, 0.05) is 28.2 Å². The third-order valence-electron chi connectivity index (χ3n) is 4.79. The van der Waals surface area contributed by atoms with E-state index in [1.54, 1.807) is 0 Å². The van der Waals surface area contributed by atoms with Crippen LogP contribution >= 0.6 is 15.9 Å². The van der Waals surface area contributed by atoms with Gasteiger partial charge in [0.1, 0.15) is 6.04 Å². The highest BCUT2D eigenvalue weighted by Gasteiger charge is 2.22. The van der Waals surface area contributed by atoms with Gasteiger partial charge in [-0.05, 0) is 43.7 Å². The fourth-order valence-corrected chi connectivity index (χ4v) is 3.93. The van der Waals surface area contributed by atoms with Gasteiger partial charge in [-0.3, -0.25) is 14.3 Å². The molecule has 142 valence electrons.